The lowest BCUT2D eigenvalue weighted by Crippen LogP contribution is -2.02. The zero-order valence-corrected chi connectivity index (χ0v) is 11.9. The van der Waals surface area contributed by atoms with Crippen LogP contribution in [-0.2, 0) is 6.42 Å². The van der Waals surface area contributed by atoms with Crippen molar-refractivity contribution in [3.05, 3.63) is 64.0 Å². The summed E-state index contributed by atoms with van der Waals surface area (Å²) < 4.78 is 0. The van der Waals surface area contributed by atoms with Crippen LogP contribution in [0, 0.1) is 0 Å². The zero-order valence-electron chi connectivity index (χ0n) is 10.4. The number of nitrogens with zero attached hydrogens (tertiary/aromatic N) is 1. The van der Waals surface area contributed by atoms with Gasteiger partial charge in [0.15, 0.2) is 5.78 Å². The second-order valence-corrected chi connectivity index (χ2v) is 5.29. The molecule has 0 aliphatic carbocycles. The molecule has 0 unspecified atom stereocenters. The molecule has 3 aromatic rings. The quantitative estimate of drug-likeness (QED) is 0.733. The number of Topliss-reactive ketones (excluding diaryl/α,β-unsaturated/α-hetero) is 1. The van der Waals surface area contributed by atoms with E-state index in [9.17, 15) is 4.79 Å². The molecule has 2 aromatic heterocycles. The topological polar surface area (TPSA) is 45.8 Å². The minimum atomic E-state index is 0.0163. The summed E-state index contributed by atoms with van der Waals surface area (Å²) in [5.74, 6) is 0.0163. The third-order valence-corrected chi connectivity index (χ3v) is 3.87. The first-order chi connectivity index (χ1) is 9.65. The van der Waals surface area contributed by atoms with Gasteiger partial charge in [0.2, 0.25) is 0 Å². The van der Waals surface area contributed by atoms with Crippen molar-refractivity contribution in [2.24, 2.45) is 0 Å². The van der Waals surface area contributed by atoms with Crippen molar-refractivity contribution in [1.29, 1.82) is 0 Å². The van der Waals surface area contributed by atoms with E-state index in [0.717, 1.165) is 16.5 Å². The van der Waals surface area contributed by atoms with Gasteiger partial charge in [-0.2, -0.15) is 0 Å². The third-order valence-electron chi connectivity index (χ3n) is 3.13. The second kappa shape index (κ2) is 5.27. The summed E-state index contributed by atoms with van der Waals surface area (Å²) in [5, 5.41) is 1.77. The molecule has 0 spiro atoms. The average Bonchev–Trinajstić information content (AvgIpc) is 2.87. The van der Waals surface area contributed by atoms with Gasteiger partial charge in [-0.15, -0.1) is 0 Å². The van der Waals surface area contributed by atoms with E-state index in [1.54, 1.807) is 36.8 Å². The highest BCUT2D eigenvalue weighted by atomic mass is 35.5. The monoisotopic (exact) mass is 304 g/mol. The first-order valence-corrected chi connectivity index (χ1v) is 6.79. The molecule has 20 heavy (non-hydrogen) atoms. The summed E-state index contributed by atoms with van der Waals surface area (Å²) in [6.45, 7) is 0. The Morgan fingerprint density at radius 2 is 2.05 bits per heavy atom. The van der Waals surface area contributed by atoms with Gasteiger partial charge < -0.3 is 4.98 Å². The first-order valence-electron chi connectivity index (χ1n) is 6.03. The van der Waals surface area contributed by atoms with Gasteiger partial charge in [-0.1, -0.05) is 29.3 Å². The Labute approximate surface area is 125 Å². The van der Waals surface area contributed by atoms with Crippen LogP contribution in [0.5, 0.6) is 0 Å². The molecule has 0 aliphatic heterocycles. The number of H-pyrrole nitrogens is 1. The molecule has 1 N–H and O–H groups in total. The number of ketones is 1. The summed E-state index contributed by atoms with van der Waals surface area (Å²) in [4.78, 5) is 19.5. The number of carbonyl (C=O) groups excluding carboxylic acids is 1. The van der Waals surface area contributed by atoms with Gasteiger partial charge in [-0.25, -0.2) is 0 Å². The van der Waals surface area contributed by atoms with Crippen LogP contribution in [0.4, 0.5) is 0 Å². The predicted octanol–water partition coefficient (Wildman–Crippen LogP) is 4.30. The maximum atomic E-state index is 12.4. The van der Waals surface area contributed by atoms with Crippen molar-refractivity contribution in [1.82, 2.24) is 9.97 Å². The van der Waals surface area contributed by atoms with Crippen molar-refractivity contribution in [3.8, 4) is 0 Å². The average molecular weight is 305 g/mol. The largest absolute Gasteiger partial charge is 0.360 e. The fourth-order valence-electron chi connectivity index (χ4n) is 2.12. The molecule has 0 aliphatic rings. The van der Waals surface area contributed by atoms with Gasteiger partial charge in [0, 0.05) is 41.5 Å². The van der Waals surface area contributed by atoms with Crippen LogP contribution in [0.25, 0.3) is 10.9 Å². The lowest BCUT2D eigenvalue weighted by Gasteiger charge is -2.02. The summed E-state index contributed by atoms with van der Waals surface area (Å²) in [6, 6.07) is 7.06. The molecular formula is C15H10Cl2N2O. The number of fused-ring (bicyclic) bond motifs is 1. The summed E-state index contributed by atoms with van der Waals surface area (Å²) in [6.07, 6.45) is 5.37. The molecule has 5 heteroatoms. The fraction of sp³-hybridized carbons (Fsp3) is 0.0667. The Hall–Kier alpha value is -1.84. The van der Waals surface area contributed by atoms with Gasteiger partial charge in [-0.05, 0) is 23.8 Å². The van der Waals surface area contributed by atoms with Crippen molar-refractivity contribution < 1.29 is 4.79 Å². The van der Waals surface area contributed by atoms with Crippen LogP contribution in [0.3, 0.4) is 0 Å². The molecular weight excluding hydrogens is 295 g/mol. The van der Waals surface area contributed by atoms with E-state index in [-0.39, 0.29) is 12.2 Å². The Morgan fingerprint density at radius 1 is 1.20 bits per heavy atom. The molecule has 0 bridgehead atoms. The van der Waals surface area contributed by atoms with Crippen LogP contribution >= 0.6 is 23.2 Å². The molecule has 0 amide bonds. The Balaban J connectivity index is 1.91. The molecule has 3 rings (SSSR count). The Bertz CT molecular complexity index is 795. The minimum absolute atomic E-state index is 0.0163. The first kappa shape index (κ1) is 13.2. The maximum absolute atomic E-state index is 12.4. The van der Waals surface area contributed by atoms with Crippen molar-refractivity contribution in [3.63, 3.8) is 0 Å². The summed E-state index contributed by atoms with van der Waals surface area (Å²) in [5.41, 5.74) is 2.37. The van der Waals surface area contributed by atoms with Crippen molar-refractivity contribution in [2.45, 2.75) is 6.42 Å². The molecule has 0 saturated carbocycles. The normalized spacial score (nSPS) is 10.9. The molecule has 0 saturated heterocycles. The number of pyridine rings is 1. The third kappa shape index (κ3) is 2.42. The zero-order chi connectivity index (χ0) is 14.1. The van der Waals surface area contributed by atoms with E-state index < -0.39 is 0 Å². The van der Waals surface area contributed by atoms with E-state index in [1.165, 1.54) is 0 Å². The number of rotatable bonds is 3. The molecule has 0 radical (unpaired) electrons. The molecule has 3 nitrogen and oxygen atoms in total. The van der Waals surface area contributed by atoms with Gasteiger partial charge >= 0.3 is 0 Å². The molecule has 2 heterocycles. The van der Waals surface area contributed by atoms with Gasteiger partial charge in [0.1, 0.15) is 0 Å². The highest BCUT2D eigenvalue weighted by Crippen LogP contribution is 2.24. The minimum Gasteiger partial charge on any atom is -0.360 e. The summed E-state index contributed by atoms with van der Waals surface area (Å²) in [7, 11) is 0. The number of nitrogens with one attached hydrogen (secondary N) is 1. The standard InChI is InChI=1S/C15H10Cl2N2O/c16-12-2-1-9(5-13(12)17)6-15(20)11-8-19-14-3-4-18-7-10(11)14/h1-5,7-8,19H,6H2. The van der Waals surface area contributed by atoms with E-state index in [1.807, 2.05) is 6.07 Å². The van der Waals surface area contributed by atoms with Crippen LogP contribution in [-0.4, -0.2) is 15.8 Å². The number of halogens is 2. The second-order valence-electron chi connectivity index (χ2n) is 4.47. The Kier molecular flexibility index (Phi) is 3.47. The Morgan fingerprint density at radius 3 is 2.85 bits per heavy atom. The van der Waals surface area contributed by atoms with E-state index in [2.05, 4.69) is 9.97 Å². The lowest BCUT2D eigenvalue weighted by atomic mass is 10.0. The van der Waals surface area contributed by atoms with Crippen LogP contribution in [0.15, 0.2) is 42.9 Å². The van der Waals surface area contributed by atoms with Gasteiger partial charge in [0.05, 0.1) is 10.0 Å². The number of hydrogen-bond acceptors (Lipinski definition) is 2. The summed E-state index contributed by atoms with van der Waals surface area (Å²) >= 11 is 11.8. The molecule has 1 aromatic carbocycles. The SMILES string of the molecule is O=C(Cc1ccc(Cl)c(Cl)c1)c1c[nH]c2ccncc12. The highest BCUT2D eigenvalue weighted by Gasteiger charge is 2.13. The van der Waals surface area contributed by atoms with Crippen LogP contribution < -0.4 is 0 Å². The fourth-order valence-corrected chi connectivity index (χ4v) is 2.44. The number of aromatic amines is 1. The molecule has 0 atom stereocenters. The van der Waals surface area contributed by atoms with Gasteiger partial charge in [-0.3, -0.25) is 9.78 Å². The van der Waals surface area contributed by atoms with E-state index >= 15 is 0 Å². The maximum Gasteiger partial charge on any atom is 0.169 e. The predicted molar refractivity (Wildman–Crippen MR) is 80.6 cm³/mol. The number of benzene rings is 1. The number of hydrogen-bond donors (Lipinski definition) is 1. The molecule has 100 valence electrons. The van der Waals surface area contributed by atoms with Crippen molar-refractivity contribution in [2.75, 3.05) is 0 Å². The van der Waals surface area contributed by atoms with Crippen LogP contribution in [0.2, 0.25) is 10.0 Å². The van der Waals surface area contributed by atoms with E-state index in [4.69, 9.17) is 23.2 Å². The van der Waals surface area contributed by atoms with Crippen molar-refractivity contribution >= 4 is 39.9 Å². The van der Waals surface area contributed by atoms with Gasteiger partial charge in [0.25, 0.3) is 0 Å². The highest BCUT2D eigenvalue weighted by molar-refractivity contribution is 6.42. The smallest absolute Gasteiger partial charge is 0.169 e. The number of aromatic nitrogens is 2. The van der Waals surface area contributed by atoms with Crippen LogP contribution in [0.1, 0.15) is 15.9 Å². The lowest BCUT2D eigenvalue weighted by molar-refractivity contribution is 0.0994. The van der Waals surface area contributed by atoms with E-state index in [0.29, 0.717) is 15.6 Å². The molecule has 0 fully saturated rings. The number of carbonyl (C=O) groups is 1.